The van der Waals surface area contributed by atoms with Crippen LogP contribution in [-0.2, 0) is 4.79 Å². The maximum atomic E-state index is 12.4. The minimum atomic E-state index is -0.347. The molecule has 2 aromatic rings. The molecule has 28 heavy (non-hydrogen) atoms. The largest absolute Gasteiger partial charge is 0.492 e. The second-order valence-electron chi connectivity index (χ2n) is 8.64. The van der Waals surface area contributed by atoms with E-state index in [1.54, 1.807) is 6.07 Å². The van der Waals surface area contributed by atoms with Crippen LogP contribution in [0.1, 0.15) is 44.9 Å². The van der Waals surface area contributed by atoms with Crippen molar-refractivity contribution >= 4 is 33.7 Å². The molecule has 0 unspecified atom stereocenters. The molecule has 2 atom stereocenters. The van der Waals surface area contributed by atoms with E-state index in [2.05, 4.69) is 41.3 Å². The molecule has 2 bridgehead atoms. The summed E-state index contributed by atoms with van der Waals surface area (Å²) in [5.74, 6) is 0.158. The van der Waals surface area contributed by atoms with E-state index in [-0.39, 0.29) is 22.6 Å². The summed E-state index contributed by atoms with van der Waals surface area (Å²) in [6.07, 6.45) is 3.42. The molecular weight excluding hydrogens is 372 g/mol. The van der Waals surface area contributed by atoms with E-state index < -0.39 is 0 Å². The second-order valence-corrected chi connectivity index (χ2v) is 9.64. The van der Waals surface area contributed by atoms with Gasteiger partial charge in [0.15, 0.2) is 0 Å². The molecule has 0 saturated heterocycles. The third-order valence-electron chi connectivity index (χ3n) is 7.24. The van der Waals surface area contributed by atoms with E-state index in [0.717, 1.165) is 18.1 Å². The maximum absolute atomic E-state index is 12.4. The normalized spacial score (nSPS) is 28.7. The SMILES string of the molecule is CC1(C)[C@@H]2CC[C@@]1(C)/C(=N\Nc1nc(O)c(C3=c4ccccc4=NC3=O)s1)C2. The van der Waals surface area contributed by atoms with Crippen molar-refractivity contribution in [1.82, 2.24) is 4.98 Å². The number of aromatic hydroxyl groups is 1. The van der Waals surface area contributed by atoms with E-state index in [1.165, 1.54) is 23.5 Å². The Hall–Kier alpha value is -2.54. The highest BCUT2D eigenvalue weighted by Crippen LogP contribution is 2.64. The summed E-state index contributed by atoms with van der Waals surface area (Å²) in [6, 6.07) is 7.32. The van der Waals surface area contributed by atoms with Gasteiger partial charge in [-0.3, -0.25) is 10.2 Å². The first kappa shape index (κ1) is 17.6. The van der Waals surface area contributed by atoms with Gasteiger partial charge in [-0.1, -0.05) is 50.3 Å². The molecule has 2 aliphatic carbocycles. The zero-order valence-electron chi connectivity index (χ0n) is 16.1. The van der Waals surface area contributed by atoms with Crippen molar-refractivity contribution in [2.45, 2.75) is 40.0 Å². The molecule has 2 fully saturated rings. The highest BCUT2D eigenvalue weighted by Gasteiger charge is 2.60. The summed E-state index contributed by atoms with van der Waals surface area (Å²) < 4.78 is 0. The lowest BCUT2D eigenvalue weighted by molar-refractivity contribution is -0.112. The smallest absolute Gasteiger partial charge is 0.279 e. The molecular formula is C21H22N4O2S. The number of nitrogens with zero attached hydrogens (tertiary/aromatic N) is 3. The molecule has 144 valence electrons. The molecule has 1 amide bonds. The van der Waals surface area contributed by atoms with Gasteiger partial charge in [-0.2, -0.15) is 10.1 Å². The van der Waals surface area contributed by atoms with Gasteiger partial charge in [0, 0.05) is 16.3 Å². The molecule has 1 aromatic carbocycles. The van der Waals surface area contributed by atoms with Crippen LogP contribution in [-0.4, -0.2) is 21.7 Å². The number of hydrogen-bond donors (Lipinski definition) is 2. The molecule has 1 aromatic heterocycles. The fourth-order valence-corrected chi connectivity index (χ4v) is 5.87. The third-order valence-corrected chi connectivity index (χ3v) is 8.21. The first-order valence-corrected chi connectivity index (χ1v) is 10.4. The summed E-state index contributed by atoms with van der Waals surface area (Å²) in [4.78, 5) is 21.1. The Morgan fingerprint density at radius 3 is 2.79 bits per heavy atom. The number of nitrogens with one attached hydrogen (secondary N) is 1. The minimum Gasteiger partial charge on any atom is -0.492 e. The summed E-state index contributed by atoms with van der Waals surface area (Å²) in [5, 5.41) is 16.9. The molecule has 7 heteroatoms. The Kier molecular flexibility index (Phi) is 3.59. The van der Waals surface area contributed by atoms with Crippen LogP contribution in [0.25, 0.3) is 5.57 Å². The number of carbonyl (C=O) groups is 1. The number of aromatic nitrogens is 1. The summed E-state index contributed by atoms with van der Waals surface area (Å²) in [7, 11) is 0. The van der Waals surface area contributed by atoms with E-state index in [9.17, 15) is 9.90 Å². The molecule has 5 rings (SSSR count). The van der Waals surface area contributed by atoms with Crippen molar-refractivity contribution in [1.29, 1.82) is 0 Å². The molecule has 2 saturated carbocycles. The lowest BCUT2D eigenvalue weighted by atomic mass is 9.70. The number of carbonyl (C=O) groups excluding carboxylic acids is 1. The number of para-hydroxylation sites is 1. The molecule has 0 radical (unpaired) electrons. The van der Waals surface area contributed by atoms with Crippen LogP contribution < -0.4 is 16.0 Å². The Balaban J connectivity index is 1.48. The Labute approximate surface area is 166 Å². The number of anilines is 1. The average molecular weight is 395 g/mol. The number of rotatable bonds is 3. The van der Waals surface area contributed by atoms with E-state index in [4.69, 9.17) is 0 Å². The fourth-order valence-electron chi connectivity index (χ4n) is 5.02. The highest BCUT2D eigenvalue weighted by atomic mass is 32.1. The van der Waals surface area contributed by atoms with Crippen LogP contribution in [0.2, 0.25) is 0 Å². The second kappa shape index (κ2) is 5.73. The summed E-state index contributed by atoms with van der Waals surface area (Å²) in [6.45, 7) is 6.98. The van der Waals surface area contributed by atoms with Crippen LogP contribution in [0.15, 0.2) is 34.4 Å². The Bertz CT molecular complexity index is 1160. The Morgan fingerprint density at radius 2 is 2.07 bits per heavy atom. The lowest BCUT2D eigenvalue weighted by Gasteiger charge is -2.34. The predicted molar refractivity (Wildman–Crippen MR) is 109 cm³/mol. The van der Waals surface area contributed by atoms with Crippen LogP contribution in [0.5, 0.6) is 5.88 Å². The molecule has 6 nitrogen and oxygen atoms in total. The zero-order valence-corrected chi connectivity index (χ0v) is 16.9. The van der Waals surface area contributed by atoms with Gasteiger partial charge in [0.1, 0.15) is 4.88 Å². The molecule has 1 aliphatic heterocycles. The summed E-state index contributed by atoms with van der Waals surface area (Å²) >= 11 is 1.23. The quantitative estimate of drug-likeness (QED) is 0.784. The number of thiazole rings is 1. The standard InChI is InChI=1S/C21H22N4O2S/c1-20(2)11-8-9-21(20,3)14(10-11)24-25-19-23-18(27)16(28-19)15-12-6-4-5-7-13(12)22-17(15)26/h4-7,11,27H,8-10H2,1-3H3,(H,23,25)/b24-14-/t11-,21+/m1/s1. The van der Waals surface area contributed by atoms with Crippen molar-refractivity contribution in [3.63, 3.8) is 0 Å². The van der Waals surface area contributed by atoms with Crippen molar-refractivity contribution in [2.75, 3.05) is 5.43 Å². The van der Waals surface area contributed by atoms with Crippen LogP contribution in [0.4, 0.5) is 5.13 Å². The molecule has 0 spiro atoms. The zero-order chi connectivity index (χ0) is 19.7. The molecule has 2 heterocycles. The number of amides is 1. The van der Waals surface area contributed by atoms with Crippen LogP contribution in [0.3, 0.4) is 0 Å². The van der Waals surface area contributed by atoms with Crippen LogP contribution in [0, 0.1) is 16.7 Å². The van der Waals surface area contributed by atoms with Crippen LogP contribution >= 0.6 is 11.3 Å². The lowest BCUT2D eigenvalue weighted by Crippen LogP contribution is -2.32. The van der Waals surface area contributed by atoms with Gasteiger partial charge in [0.2, 0.25) is 11.0 Å². The van der Waals surface area contributed by atoms with E-state index in [1.807, 2.05) is 18.2 Å². The van der Waals surface area contributed by atoms with Gasteiger partial charge in [-0.15, -0.1) is 0 Å². The number of fused-ring (bicyclic) bond motifs is 3. The Morgan fingerprint density at radius 1 is 1.29 bits per heavy atom. The van der Waals surface area contributed by atoms with Gasteiger partial charge in [0.05, 0.1) is 10.9 Å². The van der Waals surface area contributed by atoms with Crippen molar-refractivity contribution in [3.05, 3.63) is 39.7 Å². The third kappa shape index (κ3) is 2.25. The van der Waals surface area contributed by atoms with Gasteiger partial charge in [0.25, 0.3) is 5.91 Å². The van der Waals surface area contributed by atoms with E-state index in [0.29, 0.717) is 26.9 Å². The first-order valence-electron chi connectivity index (χ1n) is 9.57. The van der Waals surface area contributed by atoms with Gasteiger partial charge >= 0.3 is 0 Å². The van der Waals surface area contributed by atoms with Crippen molar-refractivity contribution < 1.29 is 9.90 Å². The minimum absolute atomic E-state index is 0.0980. The number of hydrazone groups is 1. The fraction of sp³-hybridized carbons (Fsp3) is 0.429. The van der Waals surface area contributed by atoms with E-state index >= 15 is 0 Å². The van der Waals surface area contributed by atoms with Gasteiger partial charge < -0.3 is 5.11 Å². The number of hydrogen-bond acceptors (Lipinski definition) is 6. The van der Waals surface area contributed by atoms with Crippen molar-refractivity contribution in [2.24, 2.45) is 26.8 Å². The number of benzene rings is 1. The maximum Gasteiger partial charge on any atom is 0.279 e. The van der Waals surface area contributed by atoms with Gasteiger partial charge in [-0.05, 0) is 36.7 Å². The van der Waals surface area contributed by atoms with Gasteiger partial charge in [-0.25, -0.2) is 4.99 Å². The molecule has 2 N–H and O–H groups in total. The first-order chi connectivity index (χ1) is 13.3. The average Bonchev–Trinajstić information content (AvgIpc) is 3.29. The summed E-state index contributed by atoms with van der Waals surface area (Å²) in [5.41, 5.74) is 4.97. The molecule has 3 aliphatic rings. The highest BCUT2D eigenvalue weighted by molar-refractivity contribution is 7.17. The monoisotopic (exact) mass is 394 g/mol. The predicted octanol–water partition coefficient (Wildman–Crippen LogP) is 2.82. The topological polar surface area (TPSA) is 86.9 Å². The van der Waals surface area contributed by atoms with Crippen molar-refractivity contribution in [3.8, 4) is 5.88 Å².